The number of nitrogens with one attached hydrogen (secondary N) is 1. The molecule has 1 aliphatic heterocycles. The van der Waals surface area contributed by atoms with Gasteiger partial charge in [0.25, 0.3) is 5.91 Å². The van der Waals surface area contributed by atoms with E-state index in [0.717, 1.165) is 12.0 Å². The van der Waals surface area contributed by atoms with Crippen LogP contribution in [0.1, 0.15) is 22.8 Å². The van der Waals surface area contributed by atoms with Crippen molar-refractivity contribution in [2.24, 2.45) is 0 Å². The third-order valence-corrected chi connectivity index (χ3v) is 2.24. The highest BCUT2D eigenvalue weighted by Crippen LogP contribution is 2.21. The number of carbonyl (C=O) groups is 1. The summed E-state index contributed by atoms with van der Waals surface area (Å²) in [5.41, 5.74) is 1.60. The van der Waals surface area contributed by atoms with Gasteiger partial charge in [-0.15, -0.1) is 0 Å². The standard InChI is InChI=1S/C10H11NO2/c1-6-4-7-5-8(12)2-3-9(7)10(13)11-6/h2-3,5-6,12H,4H2,1H3,(H,11,13). The van der Waals surface area contributed by atoms with E-state index >= 15 is 0 Å². The van der Waals surface area contributed by atoms with Gasteiger partial charge in [-0.3, -0.25) is 4.79 Å². The van der Waals surface area contributed by atoms with Crippen LogP contribution in [0.15, 0.2) is 18.2 Å². The third-order valence-electron chi connectivity index (χ3n) is 2.24. The number of phenolic OH excluding ortho intramolecular Hbond substituents is 1. The summed E-state index contributed by atoms with van der Waals surface area (Å²) in [7, 11) is 0. The molecular formula is C10H11NO2. The Kier molecular flexibility index (Phi) is 1.72. The van der Waals surface area contributed by atoms with Crippen molar-refractivity contribution in [3.8, 4) is 5.75 Å². The van der Waals surface area contributed by atoms with Crippen LogP contribution in [0.4, 0.5) is 0 Å². The molecule has 1 aliphatic rings. The number of amides is 1. The lowest BCUT2D eigenvalue weighted by atomic mass is 9.96. The highest BCUT2D eigenvalue weighted by Gasteiger charge is 2.20. The molecule has 1 unspecified atom stereocenters. The van der Waals surface area contributed by atoms with E-state index in [9.17, 15) is 9.90 Å². The number of carbonyl (C=O) groups excluding carboxylic acids is 1. The molecule has 2 N–H and O–H groups in total. The Morgan fingerprint density at radius 1 is 1.54 bits per heavy atom. The molecule has 0 radical (unpaired) electrons. The van der Waals surface area contributed by atoms with Crippen LogP contribution in [-0.2, 0) is 6.42 Å². The number of phenols is 1. The van der Waals surface area contributed by atoms with E-state index in [1.165, 1.54) is 6.07 Å². The first-order valence-corrected chi connectivity index (χ1v) is 4.29. The Bertz CT molecular complexity index is 360. The minimum atomic E-state index is -0.0475. The molecule has 1 heterocycles. The van der Waals surface area contributed by atoms with Gasteiger partial charge < -0.3 is 10.4 Å². The maximum Gasteiger partial charge on any atom is 0.251 e. The Hall–Kier alpha value is -1.51. The monoisotopic (exact) mass is 177 g/mol. The second-order valence-corrected chi connectivity index (χ2v) is 3.42. The van der Waals surface area contributed by atoms with Gasteiger partial charge >= 0.3 is 0 Å². The highest BCUT2D eigenvalue weighted by atomic mass is 16.3. The number of hydrogen-bond donors (Lipinski definition) is 2. The predicted octanol–water partition coefficient (Wildman–Crippen LogP) is 1.07. The molecule has 68 valence electrons. The van der Waals surface area contributed by atoms with Crippen molar-refractivity contribution in [1.82, 2.24) is 5.32 Å². The molecule has 1 amide bonds. The van der Waals surface area contributed by atoms with Gasteiger partial charge in [0.05, 0.1) is 0 Å². The maximum absolute atomic E-state index is 11.4. The fraction of sp³-hybridized carbons (Fsp3) is 0.300. The summed E-state index contributed by atoms with van der Waals surface area (Å²) in [5, 5.41) is 12.1. The summed E-state index contributed by atoms with van der Waals surface area (Å²) in [5.74, 6) is 0.175. The second kappa shape index (κ2) is 2.76. The molecule has 1 atom stereocenters. The summed E-state index contributed by atoms with van der Waals surface area (Å²) in [6.45, 7) is 1.95. The molecule has 0 aromatic heterocycles. The van der Waals surface area contributed by atoms with Crippen LogP contribution in [-0.4, -0.2) is 17.1 Å². The lowest BCUT2D eigenvalue weighted by Crippen LogP contribution is -2.39. The second-order valence-electron chi connectivity index (χ2n) is 3.42. The van der Waals surface area contributed by atoms with Crippen LogP contribution >= 0.6 is 0 Å². The van der Waals surface area contributed by atoms with E-state index in [1.807, 2.05) is 6.92 Å². The Morgan fingerprint density at radius 2 is 2.31 bits per heavy atom. The zero-order valence-electron chi connectivity index (χ0n) is 7.37. The van der Waals surface area contributed by atoms with E-state index in [0.29, 0.717) is 5.56 Å². The van der Waals surface area contributed by atoms with E-state index in [1.54, 1.807) is 12.1 Å². The molecule has 1 aromatic rings. The topological polar surface area (TPSA) is 49.3 Å². The molecule has 1 aromatic carbocycles. The van der Waals surface area contributed by atoms with Gasteiger partial charge in [-0.1, -0.05) is 0 Å². The fourth-order valence-corrected chi connectivity index (χ4v) is 1.65. The minimum Gasteiger partial charge on any atom is -0.508 e. The SMILES string of the molecule is CC1Cc2cc(O)ccc2C(=O)N1. The van der Waals surface area contributed by atoms with Crippen LogP contribution in [0.3, 0.4) is 0 Å². The van der Waals surface area contributed by atoms with Crippen LogP contribution in [0.2, 0.25) is 0 Å². The van der Waals surface area contributed by atoms with Gasteiger partial charge in [0.15, 0.2) is 0 Å². The van der Waals surface area contributed by atoms with Crippen molar-refractivity contribution in [1.29, 1.82) is 0 Å². The Morgan fingerprint density at radius 3 is 3.08 bits per heavy atom. The number of aromatic hydroxyl groups is 1. The Balaban J connectivity index is 2.49. The molecule has 3 heteroatoms. The van der Waals surface area contributed by atoms with Gasteiger partial charge in [0.1, 0.15) is 5.75 Å². The summed E-state index contributed by atoms with van der Waals surface area (Å²) < 4.78 is 0. The smallest absolute Gasteiger partial charge is 0.251 e. The average molecular weight is 177 g/mol. The number of rotatable bonds is 0. The number of benzene rings is 1. The van der Waals surface area contributed by atoms with E-state index in [2.05, 4.69) is 5.32 Å². The van der Waals surface area contributed by atoms with Crippen molar-refractivity contribution in [2.75, 3.05) is 0 Å². The molecule has 13 heavy (non-hydrogen) atoms. The van der Waals surface area contributed by atoms with Crippen LogP contribution in [0.25, 0.3) is 0 Å². The maximum atomic E-state index is 11.4. The van der Waals surface area contributed by atoms with E-state index in [-0.39, 0.29) is 17.7 Å². The molecule has 0 fully saturated rings. The lowest BCUT2D eigenvalue weighted by Gasteiger charge is -2.22. The lowest BCUT2D eigenvalue weighted by molar-refractivity contribution is 0.0929. The van der Waals surface area contributed by atoms with E-state index < -0.39 is 0 Å². The molecule has 0 saturated heterocycles. The van der Waals surface area contributed by atoms with Crippen molar-refractivity contribution < 1.29 is 9.90 Å². The van der Waals surface area contributed by atoms with Crippen molar-refractivity contribution in [3.63, 3.8) is 0 Å². The van der Waals surface area contributed by atoms with Crippen LogP contribution in [0, 0.1) is 0 Å². The fourth-order valence-electron chi connectivity index (χ4n) is 1.65. The van der Waals surface area contributed by atoms with Crippen molar-refractivity contribution in [2.45, 2.75) is 19.4 Å². The van der Waals surface area contributed by atoms with Gasteiger partial charge in [-0.25, -0.2) is 0 Å². The van der Waals surface area contributed by atoms with Gasteiger partial charge in [-0.2, -0.15) is 0 Å². The summed E-state index contributed by atoms with van der Waals surface area (Å²) in [6, 6.07) is 5.01. The summed E-state index contributed by atoms with van der Waals surface area (Å²) >= 11 is 0. The molecule has 0 aliphatic carbocycles. The first-order chi connectivity index (χ1) is 6.16. The van der Waals surface area contributed by atoms with Gasteiger partial charge in [0, 0.05) is 11.6 Å². The Labute approximate surface area is 76.4 Å². The van der Waals surface area contributed by atoms with Crippen molar-refractivity contribution in [3.05, 3.63) is 29.3 Å². The largest absolute Gasteiger partial charge is 0.508 e. The molecule has 0 bridgehead atoms. The van der Waals surface area contributed by atoms with Gasteiger partial charge in [-0.05, 0) is 37.1 Å². The molecule has 0 spiro atoms. The minimum absolute atomic E-state index is 0.0475. The molecular weight excluding hydrogens is 166 g/mol. The first kappa shape index (κ1) is 8.10. The molecule has 3 nitrogen and oxygen atoms in total. The molecule has 0 saturated carbocycles. The van der Waals surface area contributed by atoms with Gasteiger partial charge in [0.2, 0.25) is 0 Å². The zero-order chi connectivity index (χ0) is 9.42. The highest BCUT2D eigenvalue weighted by molar-refractivity contribution is 5.97. The third kappa shape index (κ3) is 1.37. The number of fused-ring (bicyclic) bond motifs is 1. The van der Waals surface area contributed by atoms with Crippen LogP contribution in [0.5, 0.6) is 5.75 Å². The van der Waals surface area contributed by atoms with Crippen molar-refractivity contribution >= 4 is 5.91 Å². The normalized spacial score (nSPS) is 20.7. The number of hydrogen-bond acceptors (Lipinski definition) is 2. The quantitative estimate of drug-likeness (QED) is 0.622. The average Bonchev–Trinajstić information content (AvgIpc) is 2.02. The van der Waals surface area contributed by atoms with E-state index in [4.69, 9.17) is 0 Å². The molecule has 2 rings (SSSR count). The summed E-state index contributed by atoms with van der Waals surface area (Å²) in [4.78, 5) is 11.4. The van der Waals surface area contributed by atoms with Crippen LogP contribution < -0.4 is 5.32 Å². The summed E-state index contributed by atoms with van der Waals surface area (Å²) in [6.07, 6.45) is 0.787. The first-order valence-electron chi connectivity index (χ1n) is 4.29. The zero-order valence-corrected chi connectivity index (χ0v) is 7.37. The predicted molar refractivity (Wildman–Crippen MR) is 48.7 cm³/mol.